The smallest absolute Gasteiger partial charge is 0.272 e. The molecule has 0 bridgehead atoms. The second-order valence-corrected chi connectivity index (χ2v) is 6.89. The SMILES string of the molecule is CN(C(=O)c1ccc2ccccc2n1)[C@H]1CCO[C@@H](c2ccc(F)cc2)C1. The van der Waals surface area contributed by atoms with E-state index in [0.717, 1.165) is 22.9 Å². The van der Waals surface area contributed by atoms with Gasteiger partial charge < -0.3 is 9.64 Å². The first-order valence-electron chi connectivity index (χ1n) is 9.12. The van der Waals surface area contributed by atoms with Gasteiger partial charge in [0, 0.05) is 25.1 Å². The number of rotatable bonds is 3. The van der Waals surface area contributed by atoms with Crippen molar-refractivity contribution in [2.45, 2.75) is 25.0 Å². The van der Waals surface area contributed by atoms with E-state index in [0.29, 0.717) is 18.7 Å². The standard InChI is InChI=1S/C22H21FN2O2/c1-25(22(26)20-11-8-15-4-2-3-5-19(15)24-20)18-12-13-27-21(14-18)16-6-9-17(23)10-7-16/h2-11,18,21H,12-14H2,1H3/t18-,21+/m0/s1. The Morgan fingerprint density at radius 1 is 1.11 bits per heavy atom. The van der Waals surface area contributed by atoms with E-state index in [-0.39, 0.29) is 23.9 Å². The Hall–Kier alpha value is -2.79. The predicted octanol–water partition coefficient (Wildman–Crippen LogP) is 4.37. The Morgan fingerprint density at radius 2 is 1.89 bits per heavy atom. The number of halogens is 1. The predicted molar refractivity (Wildman–Crippen MR) is 102 cm³/mol. The summed E-state index contributed by atoms with van der Waals surface area (Å²) < 4.78 is 19.0. The lowest BCUT2D eigenvalue weighted by molar-refractivity contribution is -0.0198. The molecular weight excluding hydrogens is 343 g/mol. The molecule has 0 aliphatic carbocycles. The minimum absolute atomic E-state index is 0.0505. The first-order chi connectivity index (χ1) is 13.1. The Kier molecular flexibility index (Phi) is 4.86. The second-order valence-electron chi connectivity index (χ2n) is 6.89. The third-order valence-corrected chi connectivity index (χ3v) is 5.18. The Bertz CT molecular complexity index is 958. The monoisotopic (exact) mass is 364 g/mol. The van der Waals surface area contributed by atoms with Crippen molar-refractivity contribution in [2.24, 2.45) is 0 Å². The number of hydrogen-bond donors (Lipinski definition) is 0. The fourth-order valence-electron chi connectivity index (χ4n) is 3.57. The topological polar surface area (TPSA) is 42.4 Å². The van der Waals surface area contributed by atoms with Crippen molar-refractivity contribution in [2.75, 3.05) is 13.7 Å². The van der Waals surface area contributed by atoms with Crippen LogP contribution >= 0.6 is 0 Å². The van der Waals surface area contributed by atoms with E-state index in [1.165, 1.54) is 12.1 Å². The van der Waals surface area contributed by atoms with Crippen molar-refractivity contribution < 1.29 is 13.9 Å². The summed E-state index contributed by atoms with van der Waals surface area (Å²) in [5.74, 6) is -0.355. The van der Waals surface area contributed by atoms with Crippen LogP contribution in [0.5, 0.6) is 0 Å². The van der Waals surface area contributed by atoms with E-state index in [1.807, 2.05) is 37.4 Å². The van der Waals surface area contributed by atoms with E-state index in [2.05, 4.69) is 4.98 Å². The summed E-state index contributed by atoms with van der Waals surface area (Å²) in [7, 11) is 1.82. The molecule has 1 fully saturated rings. The fourth-order valence-corrected chi connectivity index (χ4v) is 3.57. The van der Waals surface area contributed by atoms with Gasteiger partial charge in [-0.05, 0) is 42.7 Å². The van der Waals surface area contributed by atoms with Gasteiger partial charge in [-0.3, -0.25) is 4.79 Å². The number of fused-ring (bicyclic) bond motifs is 1. The minimum Gasteiger partial charge on any atom is -0.373 e. The van der Waals surface area contributed by atoms with Gasteiger partial charge in [-0.1, -0.05) is 36.4 Å². The molecule has 2 aromatic carbocycles. The molecule has 4 nitrogen and oxygen atoms in total. The summed E-state index contributed by atoms with van der Waals surface area (Å²) in [6.45, 7) is 0.565. The third kappa shape index (κ3) is 3.69. The lowest BCUT2D eigenvalue weighted by Gasteiger charge is -2.35. The first kappa shape index (κ1) is 17.6. The van der Waals surface area contributed by atoms with Gasteiger partial charge in [0.15, 0.2) is 0 Å². The Labute approximate surface area is 157 Å². The van der Waals surface area contributed by atoms with Gasteiger partial charge in [0.05, 0.1) is 11.6 Å². The van der Waals surface area contributed by atoms with Crippen LogP contribution in [0.15, 0.2) is 60.7 Å². The van der Waals surface area contributed by atoms with Gasteiger partial charge in [0.2, 0.25) is 0 Å². The third-order valence-electron chi connectivity index (χ3n) is 5.18. The van der Waals surface area contributed by atoms with Crippen LogP contribution in [-0.4, -0.2) is 35.5 Å². The first-order valence-corrected chi connectivity index (χ1v) is 9.12. The highest BCUT2D eigenvalue weighted by molar-refractivity contribution is 5.94. The van der Waals surface area contributed by atoms with Crippen molar-refractivity contribution in [3.8, 4) is 0 Å². The quantitative estimate of drug-likeness (QED) is 0.693. The maximum absolute atomic E-state index is 13.2. The lowest BCUT2D eigenvalue weighted by Crippen LogP contribution is -2.41. The second kappa shape index (κ2) is 7.45. The van der Waals surface area contributed by atoms with Crippen LogP contribution in [0, 0.1) is 5.82 Å². The van der Waals surface area contributed by atoms with Crippen LogP contribution in [0.2, 0.25) is 0 Å². The van der Waals surface area contributed by atoms with E-state index >= 15 is 0 Å². The maximum atomic E-state index is 13.2. The highest BCUT2D eigenvalue weighted by atomic mass is 19.1. The van der Waals surface area contributed by atoms with Gasteiger partial charge in [0.25, 0.3) is 5.91 Å². The average molecular weight is 364 g/mol. The molecule has 138 valence electrons. The molecule has 1 aromatic heterocycles. The lowest BCUT2D eigenvalue weighted by atomic mass is 9.96. The highest BCUT2D eigenvalue weighted by Gasteiger charge is 2.29. The van der Waals surface area contributed by atoms with Crippen molar-refractivity contribution in [3.05, 3.63) is 77.7 Å². The average Bonchev–Trinajstić information content (AvgIpc) is 2.73. The molecule has 1 amide bonds. The van der Waals surface area contributed by atoms with E-state index in [9.17, 15) is 9.18 Å². The number of nitrogens with zero attached hydrogens (tertiary/aromatic N) is 2. The van der Waals surface area contributed by atoms with Crippen LogP contribution in [0.4, 0.5) is 4.39 Å². The fraction of sp³-hybridized carbons (Fsp3) is 0.273. The van der Waals surface area contributed by atoms with Crippen LogP contribution in [-0.2, 0) is 4.74 Å². The van der Waals surface area contributed by atoms with Crippen LogP contribution in [0.25, 0.3) is 10.9 Å². The molecule has 1 aliphatic rings. The molecule has 1 aliphatic heterocycles. The zero-order valence-corrected chi connectivity index (χ0v) is 15.1. The van der Waals surface area contributed by atoms with Gasteiger partial charge >= 0.3 is 0 Å². The number of benzene rings is 2. The molecule has 0 radical (unpaired) electrons. The molecule has 0 spiro atoms. The van der Waals surface area contributed by atoms with Gasteiger partial charge in [-0.15, -0.1) is 0 Å². The summed E-state index contributed by atoms with van der Waals surface area (Å²) in [5.41, 5.74) is 2.19. The summed E-state index contributed by atoms with van der Waals surface area (Å²) in [6.07, 6.45) is 1.32. The van der Waals surface area contributed by atoms with Crippen molar-refractivity contribution in [1.29, 1.82) is 0 Å². The molecular formula is C22H21FN2O2. The summed E-state index contributed by atoms with van der Waals surface area (Å²) in [4.78, 5) is 19.2. The number of hydrogen-bond acceptors (Lipinski definition) is 3. The van der Waals surface area contributed by atoms with E-state index in [4.69, 9.17) is 4.74 Å². The molecule has 1 saturated heterocycles. The molecule has 3 aromatic rings. The number of carbonyl (C=O) groups is 1. The van der Waals surface area contributed by atoms with Crippen molar-refractivity contribution >= 4 is 16.8 Å². The normalized spacial score (nSPS) is 19.8. The minimum atomic E-state index is -0.263. The molecule has 2 heterocycles. The number of aromatic nitrogens is 1. The number of ether oxygens (including phenoxy) is 1. The number of carbonyl (C=O) groups excluding carboxylic acids is 1. The molecule has 0 unspecified atom stereocenters. The highest BCUT2D eigenvalue weighted by Crippen LogP contribution is 2.30. The van der Waals surface area contributed by atoms with Gasteiger partial charge in [-0.2, -0.15) is 0 Å². The molecule has 0 N–H and O–H groups in total. The van der Waals surface area contributed by atoms with Gasteiger partial charge in [-0.25, -0.2) is 9.37 Å². The molecule has 27 heavy (non-hydrogen) atoms. The van der Waals surface area contributed by atoms with Crippen molar-refractivity contribution in [1.82, 2.24) is 9.88 Å². The number of para-hydroxylation sites is 1. The van der Waals surface area contributed by atoms with E-state index in [1.54, 1.807) is 23.1 Å². The van der Waals surface area contributed by atoms with E-state index < -0.39 is 0 Å². The molecule has 4 rings (SSSR count). The van der Waals surface area contributed by atoms with Crippen LogP contribution in [0.1, 0.15) is 35.0 Å². The summed E-state index contributed by atoms with van der Waals surface area (Å²) in [5, 5.41) is 1.01. The Balaban J connectivity index is 1.51. The zero-order valence-electron chi connectivity index (χ0n) is 15.1. The summed E-state index contributed by atoms with van der Waals surface area (Å²) >= 11 is 0. The summed E-state index contributed by atoms with van der Waals surface area (Å²) in [6, 6.07) is 17.9. The van der Waals surface area contributed by atoms with Crippen LogP contribution < -0.4 is 0 Å². The Morgan fingerprint density at radius 3 is 2.70 bits per heavy atom. The van der Waals surface area contributed by atoms with Gasteiger partial charge in [0.1, 0.15) is 11.5 Å². The zero-order chi connectivity index (χ0) is 18.8. The number of amides is 1. The number of pyridine rings is 1. The largest absolute Gasteiger partial charge is 0.373 e. The maximum Gasteiger partial charge on any atom is 0.272 e. The molecule has 2 atom stereocenters. The van der Waals surface area contributed by atoms with Crippen LogP contribution in [0.3, 0.4) is 0 Å². The van der Waals surface area contributed by atoms with Crippen molar-refractivity contribution in [3.63, 3.8) is 0 Å². The molecule has 0 saturated carbocycles. The molecule has 5 heteroatoms.